The third-order valence-corrected chi connectivity index (χ3v) is 5.58. The van der Waals surface area contributed by atoms with Gasteiger partial charge in [0.2, 0.25) is 11.7 Å². The molecule has 1 aromatic heterocycles. The van der Waals surface area contributed by atoms with Crippen molar-refractivity contribution < 1.29 is 23.7 Å². The molecule has 0 unspecified atom stereocenters. The maximum atomic E-state index is 12.6. The third kappa shape index (κ3) is 4.75. The van der Waals surface area contributed by atoms with E-state index >= 15 is 0 Å². The standard InChI is InChI=1S/C24H31N3O5/c1-15-18(19-12-17(29-2)6-7-20(19)26-15)8-9-27(23(28)13-25)14-16-10-21(30-3)24(32-5)22(11-16)31-4/h6-7,10-12,26H,8-9,13-14,25H2,1-5H3. The monoisotopic (exact) mass is 441 g/mol. The average Bonchev–Trinajstić information content (AvgIpc) is 3.14. The van der Waals surface area contributed by atoms with Crippen LogP contribution in [0.2, 0.25) is 0 Å². The normalized spacial score (nSPS) is 10.8. The highest BCUT2D eigenvalue weighted by Gasteiger charge is 2.19. The molecule has 0 aliphatic heterocycles. The van der Waals surface area contributed by atoms with Gasteiger partial charge in [-0.3, -0.25) is 4.79 Å². The molecule has 0 atom stereocenters. The number of nitrogens with two attached hydrogens (primary N) is 1. The van der Waals surface area contributed by atoms with Gasteiger partial charge >= 0.3 is 0 Å². The van der Waals surface area contributed by atoms with Crippen molar-refractivity contribution in [1.82, 2.24) is 9.88 Å². The number of aryl methyl sites for hydroxylation is 1. The number of amides is 1. The number of benzene rings is 2. The average molecular weight is 442 g/mol. The number of hydrogen-bond acceptors (Lipinski definition) is 6. The molecule has 0 radical (unpaired) electrons. The van der Waals surface area contributed by atoms with Crippen LogP contribution in [0.3, 0.4) is 0 Å². The number of aromatic nitrogens is 1. The van der Waals surface area contributed by atoms with E-state index in [0.717, 1.165) is 33.5 Å². The summed E-state index contributed by atoms with van der Waals surface area (Å²) in [5.74, 6) is 2.26. The topological polar surface area (TPSA) is 99.0 Å². The van der Waals surface area contributed by atoms with Gasteiger partial charge in [0, 0.05) is 29.7 Å². The van der Waals surface area contributed by atoms with Crippen LogP contribution in [-0.2, 0) is 17.8 Å². The molecule has 1 heterocycles. The second-order valence-electron chi connectivity index (χ2n) is 7.44. The van der Waals surface area contributed by atoms with Gasteiger partial charge in [0.05, 0.1) is 35.0 Å². The van der Waals surface area contributed by atoms with Gasteiger partial charge in [0.15, 0.2) is 11.5 Å². The third-order valence-electron chi connectivity index (χ3n) is 5.58. The summed E-state index contributed by atoms with van der Waals surface area (Å²) in [5, 5.41) is 1.09. The molecular weight excluding hydrogens is 410 g/mol. The molecule has 8 heteroatoms. The van der Waals surface area contributed by atoms with Gasteiger partial charge in [-0.15, -0.1) is 0 Å². The van der Waals surface area contributed by atoms with E-state index in [2.05, 4.69) is 4.98 Å². The minimum absolute atomic E-state index is 0.0644. The summed E-state index contributed by atoms with van der Waals surface area (Å²) in [4.78, 5) is 17.8. The largest absolute Gasteiger partial charge is 0.497 e. The molecule has 2 aromatic carbocycles. The number of nitrogens with zero attached hydrogens (tertiary/aromatic N) is 1. The lowest BCUT2D eigenvalue weighted by atomic mass is 10.1. The molecule has 3 rings (SSSR count). The number of nitrogens with one attached hydrogen (secondary N) is 1. The summed E-state index contributed by atoms with van der Waals surface area (Å²) < 4.78 is 21.7. The van der Waals surface area contributed by atoms with Gasteiger partial charge in [0.25, 0.3) is 0 Å². The van der Waals surface area contributed by atoms with E-state index in [0.29, 0.717) is 36.8 Å². The Kier molecular flexibility index (Phi) is 7.48. The number of H-pyrrole nitrogens is 1. The number of carbonyl (C=O) groups is 1. The Labute approximate surface area is 188 Å². The highest BCUT2D eigenvalue weighted by atomic mass is 16.5. The van der Waals surface area contributed by atoms with Crippen LogP contribution < -0.4 is 24.7 Å². The van der Waals surface area contributed by atoms with Crippen molar-refractivity contribution in [2.24, 2.45) is 5.73 Å². The number of rotatable bonds is 10. The molecule has 172 valence electrons. The lowest BCUT2D eigenvalue weighted by Crippen LogP contribution is -2.37. The Morgan fingerprint density at radius 2 is 1.69 bits per heavy atom. The fraction of sp³-hybridized carbons (Fsp3) is 0.375. The molecule has 32 heavy (non-hydrogen) atoms. The van der Waals surface area contributed by atoms with E-state index in [4.69, 9.17) is 24.7 Å². The fourth-order valence-corrected chi connectivity index (χ4v) is 3.93. The van der Waals surface area contributed by atoms with Crippen LogP contribution in [0.15, 0.2) is 30.3 Å². The number of aromatic amines is 1. The molecule has 8 nitrogen and oxygen atoms in total. The van der Waals surface area contributed by atoms with Crippen molar-refractivity contribution in [2.45, 2.75) is 19.9 Å². The van der Waals surface area contributed by atoms with Gasteiger partial charge in [-0.2, -0.15) is 0 Å². The lowest BCUT2D eigenvalue weighted by Gasteiger charge is -2.23. The maximum absolute atomic E-state index is 12.6. The first-order valence-electron chi connectivity index (χ1n) is 10.4. The molecule has 0 spiro atoms. The highest BCUT2D eigenvalue weighted by Crippen LogP contribution is 2.38. The van der Waals surface area contributed by atoms with E-state index in [1.165, 1.54) is 0 Å². The highest BCUT2D eigenvalue weighted by molar-refractivity contribution is 5.86. The Morgan fingerprint density at radius 3 is 2.25 bits per heavy atom. The van der Waals surface area contributed by atoms with Gasteiger partial charge in [0.1, 0.15) is 5.75 Å². The van der Waals surface area contributed by atoms with Crippen LogP contribution in [0.4, 0.5) is 0 Å². The van der Waals surface area contributed by atoms with Crippen molar-refractivity contribution in [1.29, 1.82) is 0 Å². The molecule has 0 saturated heterocycles. The van der Waals surface area contributed by atoms with Crippen LogP contribution in [0.25, 0.3) is 10.9 Å². The first-order chi connectivity index (χ1) is 15.4. The molecule has 0 bridgehead atoms. The van der Waals surface area contributed by atoms with E-state index in [-0.39, 0.29) is 12.5 Å². The first kappa shape index (κ1) is 23.3. The zero-order valence-corrected chi connectivity index (χ0v) is 19.3. The zero-order valence-electron chi connectivity index (χ0n) is 19.3. The Morgan fingerprint density at radius 1 is 1.00 bits per heavy atom. The summed E-state index contributed by atoms with van der Waals surface area (Å²) >= 11 is 0. The Bertz CT molecular complexity index is 1070. The Balaban J connectivity index is 1.87. The minimum Gasteiger partial charge on any atom is -0.497 e. The quantitative estimate of drug-likeness (QED) is 0.502. The maximum Gasteiger partial charge on any atom is 0.236 e. The second-order valence-corrected chi connectivity index (χ2v) is 7.44. The molecule has 3 N–H and O–H groups in total. The lowest BCUT2D eigenvalue weighted by molar-refractivity contribution is -0.130. The summed E-state index contributed by atoms with van der Waals surface area (Å²) in [5.41, 5.74) is 9.83. The number of carbonyl (C=O) groups excluding carboxylic acids is 1. The van der Waals surface area contributed by atoms with Crippen molar-refractivity contribution >= 4 is 16.8 Å². The van der Waals surface area contributed by atoms with E-state index in [1.807, 2.05) is 37.3 Å². The van der Waals surface area contributed by atoms with Gasteiger partial charge in [-0.05, 0) is 54.8 Å². The SMILES string of the molecule is COc1ccc2[nH]c(C)c(CCN(Cc3cc(OC)c(OC)c(OC)c3)C(=O)CN)c2c1. The molecule has 1 amide bonds. The van der Waals surface area contributed by atoms with Crippen LogP contribution >= 0.6 is 0 Å². The van der Waals surface area contributed by atoms with Crippen LogP contribution in [0, 0.1) is 6.92 Å². The molecule has 3 aromatic rings. The fourth-order valence-electron chi connectivity index (χ4n) is 3.93. The predicted molar refractivity (Wildman–Crippen MR) is 124 cm³/mol. The molecule has 0 aliphatic rings. The smallest absolute Gasteiger partial charge is 0.236 e. The zero-order chi connectivity index (χ0) is 23.3. The van der Waals surface area contributed by atoms with E-state index in [9.17, 15) is 4.79 Å². The van der Waals surface area contributed by atoms with Gasteiger partial charge < -0.3 is 34.6 Å². The summed E-state index contributed by atoms with van der Waals surface area (Å²) in [6, 6.07) is 9.64. The van der Waals surface area contributed by atoms with Crippen molar-refractivity contribution in [2.75, 3.05) is 41.5 Å². The van der Waals surface area contributed by atoms with Crippen LogP contribution in [0.1, 0.15) is 16.8 Å². The molecule has 0 aliphatic carbocycles. The van der Waals surface area contributed by atoms with Crippen molar-refractivity contribution in [3.8, 4) is 23.0 Å². The van der Waals surface area contributed by atoms with E-state index < -0.39 is 0 Å². The second kappa shape index (κ2) is 10.3. The number of fused-ring (bicyclic) bond motifs is 1. The van der Waals surface area contributed by atoms with Crippen LogP contribution in [0.5, 0.6) is 23.0 Å². The molecule has 0 fully saturated rings. The summed E-state index contributed by atoms with van der Waals surface area (Å²) in [6.07, 6.45) is 0.676. The van der Waals surface area contributed by atoms with Crippen molar-refractivity contribution in [3.05, 3.63) is 47.2 Å². The van der Waals surface area contributed by atoms with Gasteiger partial charge in [-0.1, -0.05) is 0 Å². The molecular formula is C24H31N3O5. The number of hydrogen-bond donors (Lipinski definition) is 2. The summed E-state index contributed by atoms with van der Waals surface area (Å²) in [6.45, 7) is 2.86. The Hall–Kier alpha value is -3.39. The predicted octanol–water partition coefficient (Wildman–Crippen LogP) is 3.04. The molecule has 0 saturated carbocycles. The summed E-state index contributed by atoms with van der Waals surface area (Å²) in [7, 11) is 6.35. The van der Waals surface area contributed by atoms with Crippen molar-refractivity contribution in [3.63, 3.8) is 0 Å². The number of methoxy groups -OCH3 is 4. The first-order valence-corrected chi connectivity index (χ1v) is 10.4. The van der Waals surface area contributed by atoms with Gasteiger partial charge in [-0.25, -0.2) is 0 Å². The number of ether oxygens (including phenoxy) is 4. The van der Waals surface area contributed by atoms with Crippen LogP contribution in [-0.4, -0.2) is 57.3 Å². The van der Waals surface area contributed by atoms with E-state index in [1.54, 1.807) is 33.3 Å². The minimum atomic E-state index is -0.131.